The Morgan fingerprint density at radius 3 is 1.96 bits per heavy atom. The second kappa shape index (κ2) is 14.9. The molecule has 2 aliphatic carbocycles. The number of carbonyl (C=O) groups is 5. The van der Waals surface area contributed by atoms with Gasteiger partial charge in [0.05, 0.1) is 17.8 Å². The number of ether oxygens (including phenoxy) is 1. The molecule has 0 aromatic heterocycles. The second-order valence-corrected chi connectivity index (χ2v) is 12.2. The Bertz CT molecular complexity index is 1580. The Kier molecular flexibility index (Phi) is 10.5. The van der Waals surface area contributed by atoms with E-state index in [1.54, 1.807) is 36.2 Å². The van der Waals surface area contributed by atoms with Crippen LogP contribution in [0.4, 0.5) is 16.2 Å². The first-order chi connectivity index (χ1) is 22.7. The van der Waals surface area contributed by atoms with Crippen molar-refractivity contribution in [3.8, 4) is 0 Å². The fourth-order valence-corrected chi connectivity index (χ4v) is 6.43. The van der Waals surface area contributed by atoms with Crippen LogP contribution in [0.1, 0.15) is 67.3 Å². The number of benzene rings is 3. The van der Waals surface area contributed by atoms with Crippen LogP contribution < -0.4 is 26.2 Å². The van der Waals surface area contributed by atoms with Gasteiger partial charge < -0.3 is 25.6 Å². The summed E-state index contributed by atoms with van der Waals surface area (Å²) >= 11 is 0. The highest BCUT2D eigenvalue weighted by atomic mass is 16.5. The van der Waals surface area contributed by atoms with Crippen molar-refractivity contribution in [2.45, 2.75) is 69.1 Å². The molecule has 3 aromatic rings. The van der Waals surface area contributed by atoms with Gasteiger partial charge in [-0.1, -0.05) is 86.3 Å². The summed E-state index contributed by atoms with van der Waals surface area (Å²) in [4.78, 5) is 68.0. The van der Waals surface area contributed by atoms with Crippen molar-refractivity contribution >= 4 is 41.1 Å². The normalized spacial score (nSPS) is 16.0. The molecule has 5 amide bonds. The fraction of sp³-hybridized carbons (Fsp3) is 0.361. The van der Waals surface area contributed by atoms with Crippen LogP contribution in [-0.4, -0.2) is 54.4 Å². The predicted molar refractivity (Wildman–Crippen MR) is 178 cm³/mol. The van der Waals surface area contributed by atoms with E-state index in [9.17, 15) is 24.0 Å². The van der Waals surface area contributed by atoms with E-state index >= 15 is 0 Å². The molecule has 0 aliphatic heterocycles. The van der Waals surface area contributed by atoms with Gasteiger partial charge in [0.1, 0.15) is 17.7 Å². The Morgan fingerprint density at radius 1 is 0.723 bits per heavy atom. The van der Waals surface area contributed by atoms with E-state index in [1.807, 2.05) is 60.7 Å². The molecule has 0 radical (unpaired) electrons. The molecule has 0 saturated heterocycles. The maximum absolute atomic E-state index is 13.6. The lowest BCUT2D eigenvalue weighted by atomic mass is 9.94. The lowest BCUT2D eigenvalue weighted by molar-refractivity contribution is -0.133. The number of rotatable bonds is 11. The minimum Gasteiger partial charge on any atom is -0.444 e. The molecule has 4 N–H and O–H groups in total. The third-order valence-electron chi connectivity index (χ3n) is 8.97. The molecular formula is C36H41N5O6. The van der Waals surface area contributed by atoms with Gasteiger partial charge in [0, 0.05) is 12.7 Å². The number of nitrogens with one attached hydrogen (secondary N) is 4. The molecule has 246 valence electrons. The molecule has 47 heavy (non-hydrogen) atoms. The first-order valence-electron chi connectivity index (χ1n) is 16.0. The van der Waals surface area contributed by atoms with Gasteiger partial charge in [0.25, 0.3) is 11.8 Å². The molecule has 11 nitrogen and oxygen atoms in total. The molecule has 0 unspecified atom stereocenters. The Balaban J connectivity index is 1.20. The predicted octanol–water partition coefficient (Wildman–Crippen LogP) is 4.69. The van der Waals surface area contributed by atoms with Gasteiger partial charge in [-0.2, -0.15) is 0 Å². The van der Waals surface area contributed by atoms with Crippen molar-refractivity contribution in [1.82, 2.24) is 16.0 Å². The molecule has 0 bridgehead atoms. The monoisotopic (exact) mass is 639 g/mol. The van der Waals surface area contributed by atoms with E-state index in [0.717, 1.165) is 36.9 Å². The molecule has 5 rings (SSSR count). The summed E-state index contributed by atoms with van der Waals surface area (Å²) in [6.07, 6.45) is 4.13. The van der Waals surface area contributed by atoms with Gasteiger partial charge in [-0.05, 0) is 55.5 Å². The number of para-hydroxylation sites is 2. The van der Waals surface area contributed by atoms with Crippen LogP contribution in [0, 0.1) is 0 Å². The summed E-state index contributed by atoms with van der Waals surface area (Å²) in [6.45, 7) is -0.275. The van der Waals surface area contributed by atoms with Gasteiger partial charge in [0.2, 0.25) is 11.8 Å². The van der Waals surface area contributed by atoms with Crippen molar-refractivity contribution in [1.29, 1.82) is 0 Å². The summed E-state index contributed by atoms with van der Waals surface area (Å²) in [5, 5.41) is 11.2. The molecule has 2 saturated carbocycles. The molecular weight excluding hydrogens is 598 g/mol. The highest BCUT2D eigenvalue weighted by molar-refractivity contribution is 6.06. The van der Waals surface area contributed by atoms with Crippen molar-refractivity contribution in [2.24, 2.45) is 0 Å². The lowest BCUT2D eigenvalue weighted by Gasteiger charge is -2.34. The van der Waals surface area contributed by atoms with Crippen LogP contribution in [0.2, 0.25) is 0 Å². The number of anilines is 2. The van der Waals surface area contributed by atoms with Gasteiger partial charge in [-0.25, -0.2) is 4.79 Å². The van der Waals surface area contributed by atoms with E-state index in [4.69, 9.17) is 4.74 Å². The van der Waals surface area contributed by atoms with Gasteiger partial charge in [-0.15, -0.1) is 0 Å². The van der Waals surface area contributed by atoms with Crippen LogP contribution in [-0.2, 0) is 25.7 Å². The van der Waals surface area contributed by atoms with E-state index < -0.39 is 34.9 Å². The average Bonchev–Trinajstić information content (AvgIpc) is 3.78. The number of likely N-dealkylation sites (N-methyl/N-ethyl adjacent to an activating group) is 1. The topological polar surface area (TPSA) is 146 Å². The van der Waals surface area contributed by atoms with Gasteiger partial charge in [-0.3, -0.25) is 24.5 Å². The van der Waals surface area contributed by atoms with Crippen LogP contribution in [0.15, 0.2) is 84.9 Å². The second-order valence-electron chi connectivity index (χ2n) is 12.2. The van der Waals surface area contributed by atoms with Crippen molar-refractivity contribution in [3.05, 3.63) is 96.1 Å². The zero-order valence-corrected chi connectivity index (χ0v) is 26.6. The third kappa shape index (κ3) is 7.97. The number of carbonyl (C=O) groups excluding carboxylic acids is 5. The molecule has 0 spiro atoms. The minimum absolute atomic E-state index is 0.0664. The maximum atomic E-state index is 13.6. The zero-order valence-electron chi connectivity index (χ0n) is 26.6. The Hall–Kier alpha value is -5.19. The third-order valence-corrected chi connectivity index (χ3v) is 8.97. The zero-order chi connectivity index (χ0) is 33.3. The molecule has 2 fully saturated rings. The molecule has 0 atom stereocenters. The number of amides is 5. The quantitative estimate of drug-likeness (QED) is 0.240. The maximum Gasteiger partial charge on any atom is 0.411 e. The molecule has 0 heterocycles. The van der Waals surface area contributed by atoms with E-state index in [2.05, 4.69) is 21.3 Å². The SMILES string of the molecule is CN(C(=O)C1(NC(=O)CNC(=O)C2(NC(=O)c3ccccc3NC(=O)OCc3ccccc3)CCCC2)CCCC1)c1ccccc1. The highest BCUT2D eigenvalue weighted by Crippen LogP contribution is 2.33. The lowest BCUT2D eigenvalue weighted by Crippen LogP contribution is -2.61. The largest absolute Gasteiger partial charge is 0.444 e. The summed E-state index contributed by atoms with van der Waals surface area (Å²) in [7, 11) is 1.69. The summed E-state index contributed by atoms with van der Waals surface area (Å²) in [5.74, 6) is -1.68. The van der Waals surface area contributed by atoms with Crippen LogP contribution in [0.25, 0.3) is 0 Å². The van der Waals surface area contributed by atoms with Crippen molar-refractivity contribution < 1.29 is 28.7 Å². The number of hydrogen-bond donors (Lipinski definition) is 4. The first-order valence-corrected chi connectivity index (χ1v) is 16.0. The van der Waals surface area contributed by atoms with Crippen LogP contribution >= 0.6 is 0 Å². The number of hydrogen-bond acceptors (Lipinski definition) is 6. The summed E-state index contributed by atoms with van der Waals surface area (Å²) in [6, 6.07) is 25.0. The number of nitrogens with zero attached hydrogens (tertiary/aromatic N) is 1. The van der Waals surface area contributed by atoms with Gasteiger partial charge in [0.15, 0.2) is 0 Å². The van der Waals surface area contributed by atoms with E-state index in [0.29, 0.717) is 25.7 Å². The van der Waals surface area contributed by atoms with Crippen molar-refractivity contribution in [3.63, 3.8) is 0 Å². The fourth-order valence-electron chi connectivity index (χ4n) is 6.43. The smallest absolute Gasteiger partial charge is 0.411 e. The molecule has 3 aromatic carbocycles. The Morgan fingerprint density at radius 2 is 1.30 bits per heavy atom. The van der Waals surface area contributed by atoms with Gasteiger partial charge >= 0.3 is 6.09 Å². The molecule has 11 heteroatoms. The average molecular weight is 640 g/mol. The highest BCUT2D eigenvalue weighted by Gasteiger charge is 2.45. The minimum atomic E-state index is -1.23. The van der Waals surface area contributed by atoms with E-state index in [1.165, 1.54) is 0 Å². The standard InChI is InChI=1S/C36H41N5O6/c1-41(27-16-6-3-7-17-27)33(45)36(22-12-13-23-36)39-30(42)24-37-32(44)35(20-10-11-21-35)40-31(43)28-18-8-9-19-29(28)38-34(46)47-25-26-14-4-2-5-15-26/h2-9,14-19H,10-13,20-25H2,1H3,(H,37,44)(H,38,46)(H,39,42)(H,40,43). The summed E-state index contributed by atoms with van der Waals surface area (Å²) < 4.78 is 5.31. The first kappa shape index (κ1) is 33.2. The summed E-state index contributed by atoms with van der Waals surface area (Å²) in [5.41, 5.74) is -0.322. The van der Waals surface area contributed by atoms with Crippen molar-refractivity contribution in [2.75, 3.05) is 23.8 Å². The van der Waals surface area contributed by atoms with E-state index in [-0.39, 0.29) is 30.3 Å². The van der Waals surface area contributed by atoms with Crippen LogP contribution in [0.3, 0.4) is 0 Å². The molecule has 2 aliphatic rings. The van der Waals surface area contributed by atoms with Crippen LogP contribution in [0.5, 0.6) is 0 Å². The Labute approximate surface area is 274 Å².